The summed E-state index contributed by atoms with van der Waals surface area (Å²) in [6, 6.07) is 6.83. The first kappa shape index (κ1) is 16.2. The summed E-state index contributed by atoms with van der Waals surface area (Å²) in [6.45, 7) is 9.66. The Kier molecular flexibility index (Phi) is 5.74. The maximum atomic E-state index is 12.0. The molecule has 0 saturated heterocycles. The molecule has 0 spiro atoms. The smallest absolute Gasteiger partial charge is 0.251 e. The third-order valence-electron chi connectivity index (χ3n) is 3.39. The van der Waals surface area contributed by atoms with Crippen LogP contribution in [0.5, 0.6) is 0 Å². The van der Waals surface area contributed by atoms with Gasteiger partial charge in [-0.2, -0.15) is 0 Å². The Morgan fingerprint density at radius 3 is 2.25 bits per heavy atom. The van der Waals surface area contributed by atoms with Crippen molar-refractivity contribution in [2.45, 2.75) is 46.7 Å². The first-order valence-corrected chi connectivity index (χ1v) is 6.99. The molecule has 2 amide bonds. The van der Waals surface area contributed by atoms with Crippen molar-refractivity contribution in [1.29, 1.82) is 0 Å². The molecule has 20 heavy (non-hydrogen) atoms. The van der Waals surface area contributed by atoms with Crippen molar-refractivity contribution >= 4 is 11.8 Å². The van der Waals surface area contributed by atoms with E-state index in [1.54, 1.807) is 19.1 Å². The molecular weight excluding hydrogens is 252 g/mol. The fourth-order valence-corrected chi connectivity index (χ4v) is 1.65. The summed E-state index contributed by atoms with van der Waals surface area (Å²) in [6.07, 6.45) is 0. The van der Waals surface area contributed by atoms with Crippen LogP contribution >= 0.6 is 0 Å². The molecule has 1 aromatic carbocycles. The first-order valence-electron chi connectivity index (χ1n) is 6.99. The minimum Gasteiger partial charge on any atom is -0.352 e. The van der Waals surface area contributed by atoms with Crippen LogP contribution in [0.2, 0.25) is 0 Å². The Hall–Kier alpha value is -1.84. The number of aryl methyl sites for hydroxylation is 1. The van der Waals surface area contributed by atoms with Crippen LogP contribution in [0, 0.1) is 12.8 Å². The van der Waals surface area contributed by atoms with E-state index in [4.69, 9.17) is 0 Å². The Balaban J connectivity index is 2.59. The van der Waals surface area contributed by atoms with E-state index >= 15 is 0 Å². The van der Waals surface area contributed by atoms with Crippen LogP contribution in [-0.4, -0.2) is 23.9 Å². The zero-order valence-corrected chi connectivity index (χ0v) is 12.9. The number of carbonyl (C=O) groups excluding carboxylic acids is 2. The fourth-order valence-electron chi connectivity index (χ4n) is 1.65. The van der Waals surface area contributed by atoms with Crippen LogP contribution in [0.25, 0.3) is 0 Å². The van der Waals surface area contributed by atoms with Crippen LogP contribution in [0.15, 0.2) is 24.3 Å². The van der Waals surface area contributed by atoms with Crippen LogP contribution in [0.4, 0.5) is 0 Å². The lowest BCUT2D eigenvalue weighted by Crippen LogP contribution is -2.48. The molecular formula is C16H24N2O2. The van der Waals surface area contributed by atoms with Gasteiger partial charge in [-0.15, -0.1) is 0 Å². The predicted molar refractivity (Wildman–Crippen MR) is 80.5 cm³/mol. The highest BCUT2D eigenvalue weighted by Gasteiger charge is 2.19. The topological polar surface area (TPSA) is 58.2 Å². The van der Waals surface area contributed by atoms with Gasteiger partial charge in [0.2, 0.25) is 5.91 Å². The number of rotatable bonds is 5. The average Bonchev–Trinajstić information content (AvgIpc) is 2.38. The largest absolute Gasteiger partial charge is 0.352 e. The average molecular weight is 276 g/mol. The number of hydrogen-bond donors (Lipinski definition) is 2. The fraction of sp³-hybridized carbons (Fsp3) is 0.500. The van der Waals surface area contributed by atoms with Gasteiger partial charge in [0.15, 0.2) is 0 Å². The van der Waals surface area contributed by atoms with Gasteiger partial charge in [-0.05, 0) is 38.8 Å². The summed E-state index contributed by atoms with van der Waals surface area (Å²) in [5, 5.41) is 5.61. The van der Waals surface area contributed by atoms with Gasteiger partial charge < -0.3 is 10.6 Å². The first-order chi connectivity index (χ1) is 9.31. The van der Waals surface area contributed by atoms with Gasteiger partial charge in [0.1, 0.15) is 6.04 Å². The quantitative estimate of drug-likeness (QED) is 0.866. The molecule has 0 radical (unpaired) electrons. The Morgan fingerprint density at radius 1 is 1.05 bits per heavy atom. The summed E-state index contributed by atoms with van der Waals surface area (Å²) in [7, 11) is 0. The molecule has 1 rings (SSSR count). The third-order valence-corrected chi connectivity index (χ3v) is 3.39. The van der Waals surface area contributed by atoms with Gasteiger partial charge in [0, 0.05) is 11.6 Å². The monoisotopic (exact) mass is 276 g/mol. The summed E-state index contributed by atoms with van der Waals surface area (Å²) < 4.78 is 0. The summed E-state index contributed by atoms with van der Waals surface area (Å²) in [5.74, 6) is -0.0284. The van der Waals surface area contributed by atoms with Crippen molar-refractivity contribution in [2.24, 2.45) is 5.92 Å². The van der Waals surface area contributed by atoms with Crippen molar-refractivity contribution in [3.63, 3.8) is 0 Å². The highest BCUT2D eigenvalue weighted by Crippen LogP contribution is 2.04. The minimum atomic E-state index is -0.552. The number of nitrogens with one attached hydrogen (secondary N) is 2. The zero-order chi connectivity index (χ0) is 15.3. The standard InChI is InChI=1S/C16H24N2O2/c1-10(2)12(4)17-15(19)13(5)18-16(20)14-8-6-7-11(3)9-14/h6-10,12-13H,1-5H3,(H,17,19)(H,18,20). The minimum absolute atomic E-state index is 0.0841. The van der Waals surface area contributed by atoms with E-state index < -0.39 is 6.04 Å². The van der Waals surface area contributed by atoms with Gasteiger partial charge in [0.05, 0.1) is 0 Å². The van der Waals surface area contributed by atoms with Crippen LogP contribution in [-0.2, 0) is 4.79 Å². The molecule has 0 aromatic heterocycles. The van der Waals surface area contributed by atoms with Crippen molar-refractivity contribution in [1.82, 2.24) is 10.6 Å². The molecule has 2 atom stereocenters. The number of amides is 2. The normalized spacial score (nSPS) is 13.7. The van der Waals surface area contributed by atoms with Gasteiger partial charge in [0.25, 0.3) is 5.91 Å². The zero-order valence-electron chi connectivity index (χ0n) is 12.9. The van der Waals surface area contributed by atoms with Crippen LogP contribution in [0.3, 0.4) is 0 Å². The molecule has 110 valence electrons. The number of carbonyl (C=O) groups is 2. The molecule has 0 aliphatic heterocycles. The van der Waals surface area contributed by atoms with Gasteiger partial charge in [-0.1, -0.05) is 31.5 Å². The Morgan fingerprint density at radius 2 is 1.70 bits per heavy atom. The van der Waals surface area contributed by atoms with Gasteiger partial charge in [-0.3, -0.25) is 9.59 Å². The van der Waals surface area contributed by atoms with E-state index in [2.05, 4.69) is 10.6 Å². The highest BCUT2D eigenvalue weighted by atomic mass is 16.2. The molecule has 0 aliphatic rings. The van der Waals surface area contributed by atoms with E-state index in [-0.39, 0.29) is 17.9 Å². The molecule has 1 aromatic rings. The maximum absolute atomic E-state index is 12.0. The van der Waals surface area contributed by atoms with E-state index in [0.29, 0.717) is 11.5 Å². The molecule has 0 saturated carbocycles. The second-order valence-corrected chi connectivity index (χ2v) is 5.61. The Labute approximate surface area is 121 Å². The SMILES string of the molecule is Cc1cccc(C(=O)NC(C)C(=O)NC(C)C(C)C)c1. The lowest BCUT2D eigenvalue weighted by atomic mass is 10.1. The van der Waals surface area contributed by atoms with Crippen LogP contribution < -0.4 is 10.6 Å². The molecule has 2 unspecified atom stereocenters. The van der Waals surface area contributed by atoms with E-state index in [1.807, 2.05) is 39.8 Å². The Bertz CT molecular complexity index is 483. The molecule has 0 heterocycles. The van der Waals surface area contributed by atoms with Crippen molar-refractivity contribution in [3.8, 4) is 0 Å². The lowest BCUT2D eigenvalue weighted by molar-refractivity contribution is -0.123. The van der Waals surface area contributed by atoms with E-state index in [0.717, 1.165) is 5.56 Å². The second kappa shape index (κ2) is 7.08. The highest BCUT2D eigenvalue weighted by molar-refractivity contribution is 5.97. The molecule has 4 nitrogen and oxygen atoms in total. The van der Waals surface area contributed by atoms with Crippen molar-refractivity contribution in [3.05, 3.63) is 35.4 Å². The third kappa shape index (κ3) is 4.68. The lowest BCUT2D eigenvalue weighted by Gasteiger charge is -2.21. The van der Waals surface area contributed by atoms with Crippen molar-refractivity contribution in [2.75, 3.05) is 0 Å². The van der Waals surface area contributed by atoms with E-state index in [9.17, 15) is 9.59 Å². The molecule has 0 fully saturated rings. The number of hydrogen-bond acceptors (Lipinski definition) is 2. The summed E-state index contributed by atoms with van der Waals surface area (Å²) >= 11 is 0. The van der Waals surface area contributed by atoms with Gasteiger partial charge in [-0.25, -0.2) is 0 Å². The number of benzene rings is 1. The van der Waals surface area contributed by atoms with Crippen molar-refractivity contribution < 1.29 is 9.59 Å². The van der Waals surface area contributed by atoms with Gasteiger partial charge >= 0.3 is 0 Å². The molecule has 4 heteroatoms. The summed E-state index contributed by atoms with van der Waals surface area (Å²) in [5.41, 5.74) is 1.59. The molecule has 0 aliphatic carbocycles. The summed E-state index contributed by atoms with van der Waals surface area (Å²) in [4.78, 5) is 24.0. The second-order valence-electron chi connectivity index (χ2n) is 5.61. The molecule has 0 bridgehead atoms. The van der Waals surface area contributed by atoms with Crippen LogP contribution in [0.1, 0.15) is 43.6 Å². The maximum Gasteiger partial charge on any atom is 0.251 e. The van der Waals surface area contributed by atoms with E-state index in [1.165, 1.54) is 0 Å². The predicted octanol–water partition coefficient (Wildman–Crippen LogP) is 2.27. The molecule has 2 N–H and O–H groups in total.